The third-order valence-electron chi connectivity index (χ3n) is 6.04. The smallest absolute Gasteiger partial charge is 0.231 e. The summed E-state index contributed by atoms with van der Waals surface area (Å²) in [6.07, 6.45) is 5.75. The highest BCUT2D eigenvalue weighted by molar-refractivity contribution is 5.89. The van der Waals surface area contributed by atoms with Gasteiger partial charge in [0.1, 0.15) is 12.4 Å². The summed E-state index contributed by atoms with van der Waals surface area (Å²) in [7, 11) is 0. The van der Waals surface area contributed by atoms with Crippen molar-refractivity contribution in [1.82, 2.24) is 10.3 Å². The lowest BCUT2D eigenvalue weighted by molar-refractivity contribution is -0.127. The summed E-state index contributed by atoms with van der Waals surface area (Å²) in [6.45, 7) is 2.45. The van der Waals surface area contributed by atoms with E-state index in [1.807, 2.05) is 67.6 Å². The molecule has 0 saturated heterocycles. The first kappa shape index (κ1) is 20.1. The van der Waals surface area contributed by atoms with Crippen molar-refractivity contribution in [1.29, 1.82) is 0 Å². The van der Waals surface area contributed by atoms with Gasteiger partial charge in [0, 0.05) is 6.20 Å². The van der Waals surface area contributed by atoms with Crippen LogP contribution in [0.3, 0.4) is 0 Å². The molecule has 0 spiro atoms. The van der Waals surface area contributed by atoms with Crippen molar-refractivity contribution in [2.45, 2.75) is 50.7 Å². The van der Waals surface area contributed by atoms with Crippen LogP contribution in [-0.4, -0.2) is 10.9 Å². The van der Waals surface area contributed by atoms with Crippen LogP contribution in [0.1, 0.15) is 55.5 Å². The van der Waals surface area contributed by atoms with Crippen molar-refractivity contribution in [3.8, 4) is 5.75 Å². The predicted molar refractivity (Wildman–Crippen MR) is 118 cm³/mol. The second-order valence-corrected chi connectivity index (χ2v) is 8.03. The van der Waals surface area contributed by atoms with Crippen molar-refractivity contribution in [2.75, 3.05) is 0 Å². The van der Waals surface area contributed by atoms with Crippen LogP contribution in [0.25, 0.3) is 0 Å². The minimum absolute atomic E-state index is 0.0999. The number of hydrogen-bond acceptors (Lipinski definition) is 3. The fourth-order valence-electron chi connectivity index (χ4n) is 4.32. The van der Waals surface area contributed by atoms with Gasteiger partial charge in [-0.1, -0.05) is 61.4 Å². The molecular weight excluding hydrogens is 372 g/mol. The number of pyridine rings is 1. The number of amides is 1. The van der Waals surface area contributed by atoms with Crippen LogP contribution in [0, 0.1) is 0 Å². The number of nitrogens with zero attached hydrogens (tertiary/aromatic N) is 1. The van der Waals surface area contributed by atoms with Crippen molar-refractivity contribution in [2.24, 2.45) is 0 Å². The van der Waals surface area contributed by atoms with Crippen LogP contribution < -0.4 is 10.1 Å². The van der Waals surface area contributed by atoms with Gasteiger partial charge in [-0.25, -0.2) is 0 Å². The molecule has 1 fully saturated rings. The Morgan fingerprint density at radius 2 is 1.80 bits per heavy atom. The molecule has 1 aliphatic rings. The molecule has 2 aromatic carbocycles. The highest BCUT2D eigenvalue weighted by Crippen LogP contribution is 2.41. The Balaban J connectivity index is 1.45. The molecule has 0 aliphatic heterocycles. The summed E-state index contributed by atoms with van der Waals surface area (Å²) in [5, 5.41) is 3.27. The molecule has 1 saturated carbocycles. The lowest BCUT2D eigenvalue weighted by Crippen LogP contribution is -2.43. The SMILES string of the molecule is CC(NC(=O)C1(c2ccccc2)CCCC1)c1cccc(OCc2ccccn2)c1. The van der Waals surface area contributed by atoms with Crippen LogP contribution in [0.4, 0.5) is 0 Å². The average Bonchev–Trinajstić information content (AvgIpc) is 3.31. The normalized spacial score (nSPS) is 16.0. The van der Waals surface area contributed by atoms with Gasteiger partial charge in [-0.05, 0) is 55.2 Å². The van der Waals surface area contributed by atoms with E-state index in [-0.39, 0.29) is 11.9 Å². The maximum atomic E-state index is 13.4. The maximum Gasteiger partial charge on any atom is 0.231 e. The predicted octanol–water partition coefficient (Wildman–Crippen LogP) is 5.35. The topological polar surface area (TPSA) is 51.2 Å². The Morgan fingerprint density at radius 3 is 2.53 bits per heavy atom. The van der Waals surface area contributed by atoms with Crippen molar-refractivity contribution in [3.05, 3.63) is 95.8 Å². The second-order valence-electron chi connectivity index (χ2n) is 8.03. The molecular formula is C26H28N2O2. The van der Waals surface area contributed by atoms with Crippen molar-refractivity contribution >= 4 is 5.91 Å². The third kappa shape index (κ3) is 4.38. The van der Waals surface area contributed by atoms with E-state index in [1.54, 1.807) is 6.20 Å². The monoisotopic (exact) mass is 400 g/mol. The molecule has 0 bridgehead atoms. The van der Waals surface area contributed by atoms with E-state index in [1.165, 1.54) is 0 Å². The van der Waals surface area contributed by atoms with Crippen molar-refractivity contribution < 1.29 is 9.53 Å². The van der Waals surface area contributed by atoms with Crippen LogP contribution in [0.2, 0.25) is 0 Å². The van der Waals surface area contributed by atoms with Gasteiger partial charge in [0.05, 0.1) is 17.2 Å². The molecule has 1 aromatic heterocycles. The van der Waals surface area contributed by atoms with E-state index in [4.69, 9.17) is 4.74 Å². The molecule has 1 heterocycles. The lowest BCUT2D eigenvalue weighted by atomic mass is 9.77. The standard InChI is InChI=1S/C26H28N2O2/c1-20(21-10-9-14-24(18-21)30-19-23-13-5-8-17-27-23)28-25(29)26(15-6-7-16-26)22-11-3-2-4-12-22/h2-5,8-14,17-18,20H,6-7,15-16,19H2,1H3,(H,28,29). The van der Waals surface area contributed by atoms with Crippen LogP contribution in [0.5, 0.6) is 5.75 Å². The highest BCUT2D eigenvalue weighted by Gasteiger charge is 2.42. The molecule has 4 rings (SSSR count). The summed E-state index contributed by atoms with van der Waals surface area (Å²) in [4.78, 5) is 17.7. The average molecular weight is 401 g/mol. The Hall–Kier alpha value is -3.14. The van der Waals surface area contributed by atoms with Gasteiger partial charge in [-0.3, -0.25) is 9.78 Å². The maximum absolute atomic E-state index is 13.4. The Morgan fingerprint density at radius 1 is 1.03 bits per heavy atom. The summed E-state index contributed by atoms with van der Waals surface area (Å²) >= 11 is 0. The quantitative estimate of drug-likeness (QED) is 0.582. The van der Waals surface area contributed by atoms with Gasteiger partial charge >= 0.3 is 0 Å². The minimum atomic E-state index is -0.414. The first-order valence-corrected chi connectivity index (χ1v) is 10.7. The van der Waals surface area contributed by atoms with Crippen molar-refractivity contribution in [3.63, 3.8) is 0 Å². The van der Waals surface area contributed by atoms with E-state index in [0.29, 0.717) is 6.61 Å². The summed E-state index contributed by atoms with van der Waals surface area (Å²) in [6, 6.07) is 23.8. The van der Waals surface area contributed by atoms with Crippen LogP contribution in [-0.2, 0) is 16.8 Å². The largest absolute Gasteiger partial charge is 0.487 e. The fraction of sp³-hybridized carbons (Fsp3) is 0.308. The molecule has 1 amide bonds. The summed E-state index contributed by atoms with van der Waals surface area (Å²) < 4.78 is 5.90. The molecule has 1 unspecified atom stereocenters. The van der Waals surface area contributed by atoms with Crippen LogP contribution in [0.15, 0.2) is 79.0 Å². The zero-order valence-electron chi connectivity index (χ0n) is 17.4. The molecule has 1 aliphatic carbocycles. The van der Waals surface area contributed by atoms with E-state index >= 15 is 0 Å². The van der Waals surface area contributed by atoms with E-state index in [0.717, 1.165) is 48.3 Å². The Kier molecular flexibility index (Phi) is 6.12. The van der Waals surface area contributed by atoms with Gasteiger partial charge in [0.15, 0.2) is 0 Å². The summed E-state index contributed by atoms with van der Waals surface area (Å²) in [5.41, 5.74) is 2.63. The van der Waals surface area contributed by atoms with E-state index in [9.17, 15) is 4.79 Å². The molecule has 154 valence electrons. The molecule has 3 aromatic rings. The van der Waals surface area contributed by atoms with Gasteiger partial charge in [-0.2, -0.15) is 0 Å². The van der Waals surface area contributed by atoms with Crippen LogP contribution >= 0.6 is 0 Å². The molecule has 1 N–H and O–H groups in total. The zero-order chi connectivity index (χ0) is 20.8. The van der Waals surface area contributed by atoms with E-state index in [2.05, 4.69) is 22.4 Å². The highest BCUT2D eigenvalue weighted by atomic mass is 16.5. The number of carbonyl (C=O) groups excluding carboxylic acids is 1. The number of hydrogen-bond donors (Lipinski definition) is 1. The molecule has 4 nitrogen and oxygen atoms in total. The second kappa shape index (κ2) is 9.12. The number of aromatic nitrogens is 1. The van der Waals surface area contributed by atoms with Gasteiger partial charge in [0.2, 0.25) is 5.91 Å². The van der Waals surface area contributed by atoms with E-state index < -0.39 is 5.41 Å². The molecule has 1 atom stereocenters. The Bertz CT molecular complexity index is 967. The lowest BCUT2D eigenvalue weighted by Gasteiger charge is -2.30. The molecule has 4 heteroatoms. The number of rotatable bonds is 7. The first-order chi connectivity index (χ1) is 14.7. The molecule has 0 radical (unpaired) electrons. The fourth-order valence-corrected chi connectivity index (χ4v) is 4.32. The number of benzene rings is 2. The van der Waals surface area contributed by atoms with Gasteiger partial charge < -0.3 is 10.1 Å². The number of carbonyl (C=O) groups is 1. The minimum Gasteiger partial charge on any atom is -0.487 e. The third-order valence-corrected chi connectivity index (χ3v) is 6.04. The summed E-state index contributed by atoms with van der Waals surface area (Å²) in [5.74, 6) is 0.899. The molecule has 30 heavy (non-hydrogen) atoms. The Labute approximate surface area is 178 Å². The number of ether oxygens (including phenoxy) is 1. The number of nitrogens with one attached hydrogen (secondary N) is 1. The first-order valence-electron chi connectivity index (χ1n) is 10.7. The van der Waals surface area contributed by atoms with Gasteiger partial charge in [-0.15, -0.1) is 0 Å². The van der Waals surface area contributed by atoms with Gasteiger partial charge in [0.25, 0.3) is 0 Å². The zero-order valence-corrected chi connectivity index (χ0v) is 17.4.